The molecule has 4 rings (SSSR count). The summed E-state index contributed by atoms with van der Waals surface area (Å²) in [5.41, 5.74) is 3.19. The zero-order valence-corrected chi connectivity index (χ0v) is 15.2. The Labute approximate surface area is 160 Å². The number of aromatic nitrogens is 4. The van der Waals surface area contributed by atoms with Crippen molar-refractivity contribution in [2.45, 2.75) is 19.9 Å². The van der Waals surface area contributed by atoms with Crippen LogP contribution in [0.1, 0.15) is 18.4 Å². The van der Waals surface area contributed by atoms with Crippen LogP contribution in [0.2, 0.25) is 0 Å². The first-order valence-electron chi connectivity index (χ1n) is 8.88. The molecule has 2 aromatic carbocycles. The molecule has 6 nitrogen and oxygen atoms in total. The lowest BCUT2D eigenvalue weighted by Crippen LogP contribution is -2.23. The van der Waals surface area contributed by atoms with Crippen LogP contribution in [-0.2, 0) is 13.0 Å². The Morgan fingerprint density at radius 2 is 1.68 bits per heavy atom. The predicted octanol–water partition coefficient (Wildman–Crippen LogP) is 3.71. The molecular formula is C21H17FN4O2. The van der Waals surface area contributed by atoms with Crippen molar-refractivity contribution in [1.82, 2.24) is 19.9 Å². The molecular weight excluding hydrogens is 359 g/mol. The molecule has 0 saturated heterocycles. The highest BCUT2D eigenvalue weighted by Crippen LogP contribution is 2.18. The van der Waals surface area contributed by atoms with Gasteiger partial charge in [-0.1, -0.05) is 36.3 Å². The number of hydrogen-bond acceptors (Lipinski definition) is 5. The van der Waals surface area contributed by atoms with E-state index in [0.717, 1.165) is 12.0 Å². The summed E-state index contributed by atoms with van der Waals surface area (Å²) in [6.45, 7) is 2.14. The van der Waals surface area contributed by atoms with Crippen molar-refractivity contribution < 1.29 is 8.91 Å². The molecule has 28 heavy (non-hydrogen) atoms. The zero-order chi connectivity index (χ0) is 19.5. The lowest BCUT2D eigenvalue weighted by Gasteiger charge is -2.06. The Balaban J connectivity index is 1.59. The quantitative estimate of drug-likeness (QED) is 0.531. The van der Waals surface area contributed by atoms with Crippen LogP contribution in [-0.4, -0.2) is 19.9 Å². The third-order valence-electron chi connectivity index (χ3n) is 4.38. The standard InChI is InChI=1S/C21H17FN4O2/c1-2-14-3-5-15(6-4-14)18-11-12-20(27)26(24-18)13-19-23-21(25-28-19)16-7-9-17(22)10-8-16/h3-12H,2,13H2,1H3. The van der Waals surface area contributed by atoms with Crippen LogP contribution >= 0.6 is 0 Å². The molecule has 0 aliphatic heterocycles. The molecule has 7 heteroatoms. The lowest BCUT2D eigenvalue weighted by atomic mass is 10.1. The van der Waals surface area contributed by atoms with Crippen molar-refractivity contribution in [3.05, 3.63) is 88.3 Å². The first-order chi connectivity index (χ1) is 13.6. The Morgan fingerprint density at radius 1 is 0.964 bits per heavy atom. The first kappa shape index (κ1) is 17.8. The van der Waals surface area contributed by atoms with Crippen LogP contribution in [0.25, 0.3) is 22.6 Å². The highest BCUT2D eigenvalue weighted by Gasteiger charge is 2.11. The summed E-state index contributed by atoms with van der Waals surface area (Å²) < 4.78 is 19.6. The third kappa shape index (κ3) is 3.73. The maximum atomic E-state index is 13.0. The average Bonchev–Trinajstić information content (AvgIpc) is 3.19. The van der Waals surface area contributed by atoms with Crippen molar-refractivity contribution in [1.29, 1.82) is 0 Å². The molecule has 0 radical (unpaired) electrons. The van der Waals surface area contributed by atoms with Gasteiger partial charge in [-0.25, -0.2) is 9.07 Å². The maximum absolute atomic E-state index is 13.0. The van der Waals surface area contributed by atoms with Gasteiger partial charge in [-0.3, -0.25) is 4.79 Å². The molecule has 0 amide bonds. The van der Waals surface area contributed by atoms with E-state index < -0.39 is 0 Å². The van der Waals surface area contributed by atoms with Crippen LogP contribution in [0, 0.1) is 5.82 Å². The molecule has 2 heterocycles. The second kappa shape index (κ2) is 7.56. The van der Waals surface area contributed by atoms with E-state index in [-0.39, 0.29) is 23.8 Å². The minimum absolute atomic E-state index is 0.0495. The van der Waals surface area contributed by atoms with E-state index in [1.807, 2.05) is 24.3 Å². The van der Waals surface area contributed by atoms with Crippen LogP contribution in [0.4, 0.5) is 4.39 Å². The smallest absolute Gasteiger partial charge is 0.267 e. The van der Waals surface area contributed by atoms with Gasteiger partial charge in [0, 0.05) is 17.2 Å². The third-order valence-corrected chi connectivity index (χ3v) is 4.38. The van der Waals surface area contributed by atoms with Gasteiger partial charge in [0.25, 0.3) is 5.56 Å². The van der Waals surface area contributed by atoms with Crippen molar-refractivity contribution >= 4 is 0 Å². The number of nitrogens with zero attached hydrogens (tertiary/aromatic N) is 4. The van der Waals surface area contributed by atoms with E-state index in [2.05, 4.69) is 22.2 Å². The van der Waals surface area contributed by atoms with Gasteiger partial charge >= 0.3 is 0 Å². The van der Waals surface area contributed by atoms with Gasteiger partial charge in [-0.2, -0.15) is 10.1 Å². The first-order valence-corrected chi connectivity index (χ1v) is 8.88. The molecule has 0 bridgehead atoms. The Bertz CT molecular complexity index is 1150. The van der Waals surface area contributed by atoms with Crippen molar-refractivity contribution in [3.8, 4) is 22.6 Å². The monoisotopic (exact) mass is 376 g/mol. The van der Waals surface area contributed by atoms with Gasteiger partial charge in [0.15, 0.2) is 0 Å². The van der Waals surface area contributed by atoms with E-state index >= 15 is 0 Å². The molecule has 4 aromatic rings. The maximum Gasteiger partial charge on any atom is 0.267 e. The number of rotatable bonds is 5. The molecule has 0 spiro atoms. The highest BCUT2D eigenvalue weighted by atomic mass is 19.1. The summed E-state index contributed by atoms with van der Waals surface area (Å²) in [6, 6.07) is 17.0. The fraction of sp³-hybridized carbons (Fsp3) is 0.143. The molecule has 2 aromatic heterocycles. The molecule has 0 aliphatic rings. The number of benzene rings is 2. The average molecular weight is 376 g/mol. The van der Waals surface area contributed by atoms with E-state index in [1.54, 1.807) is 18.2 Å². The summed E-state index contributed by atoms with van der Waals surface area (Å²) in [5.74, 6) is 0.230. The minimum Gasteiger partial charge on any atom is -0.337 e. The Morgan fingerprint density at radius 3 is 2.39 bits per heavy atom. The Hall–Kier alpha value is -3.61. The van der Waals surface area contributed by atoms with Crippen molar-refractivity contribution in [2.24, 2.45) is 0 Å². The van der Waals surface area contributed by atoms with Crippen LogP contribution in [0.5, 0.6) is 0 Å². The Kier molecular flexibility index (Phi) is 4.80. The van der Waals surface area contributed by atoms with Gasteiger partial charge in [0.05, 0.1) is 5.69 Å². The molecule has 140 valence electrons. The second-order valence-electron chi connectivity index (χ2n) is 6.28. The summed E-state index contributed by atoms with van der Waals surface area (Å²) in [6.07, 6.45) is 0.959. The fourth-order valence-corrected chi connectivity index (χ4v) is 2.79. The van der Waals surface area contributed by atoms with Crippen LogP contribution in [0.3, 0.4) is 0 Å². The summed E-state index contributed by atoms with van der Waals surface area (Å²) in [4.78, 5) is 16.5. The number of aryl methyl sites for hydroxylation is 1. The summed E-state index contributed by atoms with van der Waals surface area (Å²) in [5, 5.41) is 8.30. The SMILES string of the molecule is CCc1ccc(-c2ccc(=O)n(Cc3nc(-c4ccc(F)cc4)no3)n2)cc1. The van der Waals surface area contributed by atoms with Gasteiger partial charge in [0.1, 0.15) is 12.4 Å². The molecule has 0 saturated carbocycles. The summed E-state index contributed by atoms with van der Waals surface area (Å²) in [7, 11) is 0. The van der Waals surface area contributed by atoms with E-state index in [1.165, 1.54) is 28.4 Å². The highest BCUT2D eigenvalue weighted by molar-refractivity contribution is 5.58. The zero-order valence-electron chi connectivity index (χ0n) is 15.2. The largest absolute Gasteiger partial charge is 0.337 e. The molecule has 0 aliphatic carbocycles. The van der Waals surface area contributed by atoms with E-state index in [4.69, 9.17) is 4.52 Å². The number of halogens is 1. The van der Waals surface area contributed by atoms with Gasteiger partial charge in [-0.05, 0) is 42.3 Å². The summed E-state index contributed by atoms with van der Waals surface area (Å²) >= 11 is 0. The normalized spacial score (nSPS) is 10.9. The van der Waals surface area contributed by atoms with Gasteiger partial charge in [-0.15, -0.1) is 0 Å². The molecule has 0 unspecified atom stereocenters. The van der Waals surface area contributed by atoms with Gasteiger partial charge in [0.2, 0.25) is 11.7 Å². The van der Waals surface area contributed by atoms with Crippen LogP contribution < -0.4 is 5.56 Å². The van der Waals surface area contributed by atoms with Crippen molar-refractivity contribution in [3.63, 3.8) is 0 Å². The fourth-order valence-electron chi connectivity index (χ4n) is 2.79. The number of hydrogen-bond donors (Lipinski definition) is 0. The second-order valence-corrected chi connectivity index (χ2v) is 6.28. The predicted molar refractivity (Wildman–Crippen MR) is 102 cm³/mol. The van der Waals surface area contributed by atoms with E-state index in [9.17, 15) is 9.18 Å². The topological polar surface area (TPSA) is 73.8 Å². The van der Waals surface area contributed by atoms with Crippen LogP contribution in [0.15, 0.2) is 70.0 Å². The molecule has 0 N–H and O–H groups in total. The molecule has 0 fully saturated rings. The van der Waals surface area contributed by atoms with Gasteiger partial charge < -0.3 is 4.52 Å². The minimum atomic E-state index is -0.341. The molecule has 0 atom stereocenters. The van der Waals surface area contributed by atoms with Crippen molar-refractivity contribution in [2.75, 3.05) is 0 Å². The lowest BCUT2D eigenvalue weighted by molar-refractivity contribution is 0.363. The van der Waals surface area contributed by atoms with E-state index in [0.29, 0.717) is 17.1 Å².